The molecule has 1 N–H and O–H groups in total. The molecule has 0 aromatic carbocycles. The van der Waals surface area contributed by atoms with Crippen molar-refractivity contribution < 1.29 is 0 Å². The molecule has 1 aromatic heterocycles. The largest absolute Gasteiger partial charge is 0.381 e. The van der Waals surface area contributed by atoms with Crippen LogP contribution in [-0.2, 0) is 6.54 Å². The Labute approximate surface area is 134 Å². The molecule has 0 unspecified atom stereocenters. The molecule has 2 heterocycles. The molecule has 6 heteroatoms. The van der Waals surface area contributed by atoms with Gasteiger partial charge in [-0.2, -0.15) is 5.10 Å². The van der Waals surface area contributed by atoms with Crippen molar-refractivity contribution in [2.75, 3.05) is 31.5 Å². The average molecular weight is 357 g/mol. The fraction of sp³-hybridized carbons (Fsp3) is 0.733. The molecular weight excluding hydrogens is 332 g/mol. The standard InChI is InChI=1S/C15H25BrN4O/c1-12(2)11-20-15(21)14(16)13(10-18-20)17-6-9-19-7-4-3-5-8-19/h10,12,17H,3-9,11H2,1-2H3. The van der Waals surface area contributed by atoms with Gasteiger partial charge in [-0.3, -0.25) is 4.79 Å². The van der Waals surface area contributed by atoms with E-state index in [9.17, 15) is 4.79 Å². The third kappa shape index (κ3) is 4.81. The predicted octanol–water partition coefficient (Wildman–Crippen LogP) is 2.56. The Kier molecular flexibility index (Phi) is 6.23. The molecule has 0 amide bonds. The second-order valence-electron chi connectivity index (χ2n) is 6.08. The zero-order valence-electron chi connectivity index (χ0n) is 12.9. The van der Waals surface area contributed by atoms with Gasteiger partial charge in [-0.25, -0.2) is 4.68 Å². The van der Waals surface area contributed by atoms with E-state index in [4.69, 9.17) is 0 Å². The molecule has 1 aliphatic rings. The van der Waals surface area contributed by atoms with Crippen molar-refractivity contribution in [3.8, 4) is 0 Å². The van der Waals surface area contributed by atoms with Crippen LogP contribution in [0.5, 0.6) is 0 Å². The second-order valence-corrected chi connectivity index (χ2v) is 6.88. The van der Waals surface area contributed by atoms with Crippen molar-refractivity contribution in [2.45, 2.75) is 39.7 Å². The molecule has 1 aliphatic heterocycles. The van der Waals surface area contributed by atoms with Gasteiger partial charge in [0.05, 0.1) is 11.9 Å². The van der Waals surface area contributed by atoms with Crippen molar-refractivity contribution in [2.24, 2.45) is 5.92 Å². The van der Waals surface area contributed by atoms with E-state index in [2.05, 4.69) is 45.1 Å². The number of anilines is 1. The fourth-order valence-corrected chi connectivity index (χ4v) is 3.04. The molecule has 5 nitrogen and oxygen atoms in total. The summed E-state index contributed by atoms with van der Waals surface area (Å²) >= 11 is 3.40. The minimum absolute atomic E-state index is 0.0633. The second kappa shape index (κ2) is 7.94. The Hall–Kier alpha value is -0.880. The number of likely N-dealkylation sites (tertiary alicyclic amines) is 1. The minimum Gasteiger partial charge on any atom is -0.381 e. The number of rotatable bonds is 6. The van der Waals surface area contributed by atoms with Crippen molar-refractivity contribution >= 4 is 21.6 Å². The maximum absolute atomic E-state index is 12.2. The van der Waals surface area contributed by atoms with Crippen LogP contribution < -0.4 is 10.9 Å². The van der Waals surface area contributed by atoms with E-state index in [1.807, 2.05) is 0 Å². The lowest BCUT2D eigenvalue weighted by Gasteiger charge is -2.26. The lowest BCUT2D eigenvalue weighted by Crippen LogP contribution is -2.34. The highest BCUT2D eigenvalue weighted by Crippen LogP contribution is 2.16. The highest BCUT2D eigenvalue weighted by atomic mass is 79.9. The number of piperidine rings is 1. The van der Waals surface area contributed by atoms with E-state index >= 15 is 0 Å². The van der Waals surface area contributed by atoms with Gasteiger partial charge in [0.15, 0.2) is 0 Å². The Morgan fingerprint density at radius 2 is 2.05 bits per heavy atom. The van der Waals surface area contributed by atoms with Crippen LogP contribution in [0, 0.1) is 5.92 Å². The van der Waals surface area contributed by atoms with Crippen LogP contribution in [0.1, 0.15) is 33.1 Å². The third-order valence-electron chi connectivity index (χ3n) is 3.72. The Morgan fingerprint density at radius 3 is 2.71 bits per heavy atom. The minimum atomic E-state index is -0.0633. The maximum atomic E-state index is 12.2. The molecule has 1 saturated heterocycles. The molecule has 0 atom stereocenters. The van der Waals surface area contributed by atoms with Crippen LogP contribution in [0.3, 0.4) is 0 Å². The quantitative estimate of drug-likeness (QED) is 0.850. The predicted molar refractivity (Wildman–Crippen MR) is 89.8 cm³/mol. The molecule has 0 spiro atoms. The van der Waals surface area contributed by atoms with Crippen LogP contribution in [0.2, 0.25) is 0 Å². The van der Waals surface area contributed by atoms with E-state index < -0.39 is 0 Å². The summed E-state index contributed by atoms with van der Waals surface area (Å²) in [5, 5.41) is 7.56. The zero-order valence-corrected chi connectivity index (χ0v) is 14.5. The maximum Gasteiger partial charge on any atom is 0.283 e. The zero-order chi connectivity index (χ0) is 15.2. The van der Waals surface area contributed by atoms with Gasteiger partial charge in [0.2, 0.25) is 0 Å². The van der Waals surface area contributed by atoms with Crippen LogP contribution >= 0.6 is 15.9 Å². The first-order valence-corrected chi connectivity index (χ1v) is 8.59. The number of aromatic nitrogens is 2. The molecular formula is C15H25BrN4O. The molecule has 118 valence electrons. The fourth-order valence-electron chi connectivity index (χ4n) is 2.60. The Bertz CT molecular complexity index is 509. The van der Waals surface area contributed by atoms with Crippen LogP contribution in [0.25, 0.3) is 0 Å². The number of hydrogen-bond donors (Lipinski definition) is 1. The van der Waals surface area contributed by atoms with Crippen molar-refractivity contribution in [1.82, 2.24) is 14.7 Å². The van der Waals surface area contributed by atoms with Gasteiger partial charge in [0.1, 0.15) is 4.47 Å². The first kappa shape index (κ1) is 16.5. The summed E-state index contributed by atoms with van der Waals surface area (Å²) in [6.07, 6.45) is 5.70. The summed E-state index contributed by atoms with van der Waals surface area (Å²) in [6, 6.07) is 0. The molecule has 21 heavy (non-hydrogen) atoms. The third-order valence-corrected chi connectivity index (χ3v) is 4.48. The van der Waals surface area contributed by atoms with Crippen molar-refractivity contribution in [3.63, 3.8) is 0 Å². The number of hydrogen-bond acceptors (Lipinski definition) is 4. The van der Waals surface area contributed by atoms with Crippen molar-refractivity contribution in [1.29, 1.82) is 0 Å². The molecule has 0 bridgehead atoms. The first-order chi connectivity index (χ1) is 10.1. The highest BCUT2D eigenvalue weighted by molar-refractivity contribution is 9.10. The molecule has 2 rings (SSSR count). The van der Waals surface area contributed by atoms with E-state index in [1.165, 1.54) is 37.0 Å². The van der Waals surface area contributed by atoms with Crippen LogP contribution in [0.4, 0.5) is 5.69 Å². The van der Waals surface area contributed by atoms with Gasteiger partial charge in [0, 0.05) is 19.6 Å². The van der Waals surface area contributed by atoms with Gasteiger partial charge >= 0.3 is 0 Å². The smallest absolute Gasteiger partial charge is 0.283 e. The molecule has 1 aromatic rings. The molecule has 0 aliphatic carbocycles. The van der Waals surface area contributed by atoms with Gasteiger partial charge in [0.25, 0.3) is 5.56 Å². The average Bonchev–Trinajstić information content (AvgIpc) is 2.47. The first-order valence-electron chi connectivity index (χ1n) is 7.80. The number of nitrogens with one attached hydrogen (secondary N) is 1. The van der Waals surface area contributed by atoms with E-state index in [-0.39, 0.29) is 5.56 Å². The normalized spacial score (nSPS) is 16.4. The van der Waals surface area contributed by atoms with E-state index in [0.29, 0.717) is 16.9 Å². The molecule has 0 radical (unpaired) electrons. The monoisotopic (exact) mass is 356 g/mol. The van der Waals surface area contributed by atoms with Gasteiger partial charge in [-0.15, -0.1) is 0 Å². The number of halogens is 1. The van der Waals surface area contributed by atoms with Crippen LogP contribution in [0.15, 0.2) is 15.5 Å². The van der Waals surface area contributed by atoms with Crippen LogP contribution in [-0.4, -0.2) is 40.9 Å². The van der Waals surface area contributed by atoms with Gasteiger partial charge in [-0.1, -0.05) is 20.3 Å². The topological polar surface area (TPSA) is 50.2 Å². The lowest BCUT2D eigenvalue weighted by molar-refractivity contribution is 0.237. The number of nitrogens with zero attached hydrogens (tertiary/aromatic N) is 3. The Morgan fingerprint density at radius 1 is 1.33 bits per heavy atom. The summed E-state index contributed by atoms with van der Waals surface area (Å²) in [5.41, 5.74) is 0.726. The highest BCUT2D eigenvalue weighted by Gasteiger charge is 2.11. The summed E-state index contributed by atoms with van der Waals surface area (Å²) in [6.45, 7) is 9.04. The summed E-state index contributed by atoms with van der Waals surface area (Å²) in [7, 11) is 0. The Balaban J connectivity index is 1.91. The van der Waals surface area contributed by atoms with E-state index in [1.54, 1.807) is 6.20 Å². The van der Waals surface area contributed by atoms with Crippen molar-refractivity contribution in [3.05, 3.63) is 21.0 Å². The summed E-state index contributed by atoms with van der Waals surface area (Å²) in [5.74, 6) is 0.403. The van der Waals surface area contributed by atoms with Gasteiger partial charge in [-0.05, 0) is 47.8 Å². The van der Waals surface area contributed by atoms with Gasteiger partial charge < -0.3 is 10.2 Å². The summed E-state index contributed by atoms with van der Waals surface area (Å²) < 4.78 is 2.10. The summed E-state index contributed by atoms with van der Waals surface area (Å²) in [4.78, 5) is 14.7. The lowest BCUT2D eigenvalue weighted by atomic mass is 10.1. The molecule has 1 fully saturated rings. The SMILES string of the molecule is CC(C)Cn1ncc(NCCN2CCCCC2)c(Br)c1=O. The molecule has 0 saturated carbocycles. The van der Waals surface area contributed by atoms with E-state index in [0.717, 1.165) is 18.8 Å².